The molecule has 3 nitrogen and oxygen atoms in total. The van der Waals surface area contributed by atoms with Crippen LogP contribution in [0, 0.1) is 3.57 Å². The van der Waals surface area contributed by atoms with Crippen molar-refractivity contribution in [3.63, 3.8) is 0 Å². The Morgan fingerprint density at radius 3 is 2.40 bits per heavy atom. The maximum atomic E-state index is 12.6. The summed E-state index contributed by atoms with van der Waals surface area (Å²) in [7, 11) is 0.854. The summed E-state index contributed by atoms with van der Waals surface area (Å²) >= 11 is 4.34. The molecule has 9 heteroatoms. The lowest BCUT2D eigenvalue weighted by Crippen LogP contribution is -2.04. The van der Waals surface area contributed by atoms with Gasteiger partial charge in [-0.15, -0.1) is 0 Å². The van der Waals surface area contributed by atoms with Crippen LogP contribution >= 0.6 is 49.2 Å². The molecule has 0 N–H and O–H groups in total. The van der Waals surface area contributed by atoms with Gasteiger partial charge in [0, 0.05) is 16.9 Å². The Morgan fingerprint density at radius 1 is 1.53 bits per heavy atom. The van der Waals surface area contributed by atoms with Gasteiger partial charge in [0.15, 0.2) is 0 Å². The van der Waals surface area contributed by atoms with Gasteiger partial charge in [-0.1, -0.05) is 0 Å². The van der Waals surface area contributed by atoms with E-state index in [-0.39, 0.29) is 8.17 Å². The second-order valence-corrected chi connectivity index (χ2v) is 6.79. The van der Waals surface area contributed by atoms with Gasteiger partial charge in [-0.2, -0.15) is 0 Å². The van der Waals surface area contributed by atoms with Crippen LogP contribution < -0.4 is 0 Å². The molecule has 0 saturated heterocycles. The van der Waals surface area contributed by atoms with Crippen LogP contribution in [0.1, 0.15) is 12.0 Å². The number of pyridine rings is 1. The van der Waals surface area contributed by atoms with Crippen LogP contribution in [0.5, 0.6) is 0 Å². The lowest BCUT2D eigenvalue weighted by Gasteiger charge is -2.09. The van der Waals surface area contributed by atoms with E-state index in [1.807, 2.05) is 0 Å². The normalized spacial score (nSPS) is 12.1. The Labute approximate surface area is 111 Å². The number of alkyl halides is 2. The minimum absolute atomic E-state index is 0.0566. The molecule has 1 heterocycles. The third-order valence-corrected chi connectivity index (χ3v) is 4.64. The highest BCUT2D eigenvalue weighted by Crippen LogP contribution is 2.35. The highest BCUT2D eigenvalue weighted by Gasteiger charge is 2.28. The summed E-state index contributed by atoms with van der Waals surface area (Å²) in [6, 6.07) is 0. The molecular weight excluding hydrogens is 430 g/mol. The first-order valence-electron chi connectivity index (χ1n) is 3.32. The van der Waals surface area contributed by atoms with E-state index in [1.54, 1.807) is 22.6 Å². The molecule has 1 rings (SSSR count). The zero-order valence-corrected chi connectivity index (χ0v) is 12.0. The largest absolute Gasteiger partial charge is 0.267 e. The maximum absolute atomic E-state index is 12.6. The molecule has 0 spiro atoms. The SMILES string of the molecule is O=S(=O)(Cl)c1c(I)cnc(Br)c1C(F)F. The Hall–Kier alpha value is 0.460. The minimum Gasteiger partial charge on any atom is -0.248 e. The highest BCUT2D eigenvalue weighted by atomic mass is 127. The van der Waals surface area contributed by atoms with E-state index in [9.17, 15) is 17.2 Å². The van der Waals surface area contributed by atoms with Gasteiger partial charge < -0.3 is 0 Å². The number of hydrogen-bond acceptors (Lipinski definition) is 3. The number of aromatic nitrogens is 1. The van der Waals surface area contributed by atoms with Gasteiger partial charge in [0.05, 0.1) is 9.13 Å². The van der Waals surface area contributed by atoms with E-state index in [4.69, 9.17) is 10.7 Å². The summed E-state index contributed by atoms with van der Waals surface area (Å²) < 4.78 is 47.3. The lowest BCUT2D eigenvalue weighted by molar-refractivity contribution is 0.146. The first kappa shape index (κ1) is 13.5. The van der Waals surface area contributed by atoms with Crippen molar-refractivity contribution in [3.05, 3.63) is 19.9 Å². The Balaban J connectivity index is 3.68. The zero-order chi connectivity index (χ0) is 11.8. The molecule has 1 aromatic rings. The number of hydrogen-bond donors (Lipinski definition) is 0. The molecule has 0 aliphatic rings. The van der Waals surface area contributed by atoms with Crippen molar-refractivity contribution in [2.24, 2.45) is 0 Å². The van der Waals surface area contributed by atoms with Crippen molar-refractivity contribution in [1.82, 2.24) is 4.98 Å². The zero-order valence-electron chi connectivity index (χ0n) is 6.72. The van der Waals surface area contributed by atoms with Gasteiger partial charge in [0.2, 0.25) is 0 Å². The van der Waals surface area contributed by atoms with Gasteiger partial charge in [0.25, 0.3) is 15.5 Å². The second-order valence-electron chi connectivity index (χ2n) is 2.38. The van der Waals surface area contributed by atoms with Crippen molar-refractivity contribution in [2.75, 3.05) is 0 Å². The van der Waals surface area contributed by atoms with E-state index >= 15 is 0 Å². The smallest absolute Gasteiger partial charge is 0.248 e. The van der Waals surface area contributed by atoms with Crippen LogP contribution in [0.25, 0.3) is 0 Å². The minimum atomic E-state index is -4.22. The van der Waals surface area contributed by atoms with Crippen LogP contribution in [0.15, 0.2) is 15.7 Å². The van der Waals surface area contributed by atoms with Gasteiger partial charge in [-0.25, -0.2) is 22.2 Å². The molecule has 0 atom stereocenters. The summed E-state index contributed by atoms with van der Waals surface area (Å²) in [5.41, 5.74) is -0.711. The lowest BCUT2D eigenvalue weighted by atomic mass is 10.3. The second kappa shape index (κ2) is 4.76. The van der Waals surface area contributed by atoms with Gasteiger partial charge in [0.1, 0.15) is 9.50 Å². The molecule has 0 aromatic carbocycles. The van der Waals surface area contributed by atoms with Gasteiger partial charge in [-0.3, -0.25) is 0 Å². The first-order valence-corrected chi connectivity index (χ1v) is 7.50. The van der Waals surface area contributed by atoms with Crippen molar-refractivity contribution < 1.29 is 17.2 Å². The number of halogens is 5. The monoisotopic (exact) mass is 431 g/mol. The molecule has 0 amide bonds. The summed E-state index contributed by atoms with van der Waals surface area (Å²) in [5, 5.41) is 0. The molecule has 15 heavy (non-hydrogen) atoms. The van der Waals surface area contributed by atoms with E-state index in [0.29, 0.717) is 0 Å². The predicted molar refractivity (Wildman–Crippen MR) is 62.6 cm³/mol. The van der Waals surface area contributed by atoms with Crippen molar-refractivity contribution in [3.8, 4) is 0 Å². The van der Waals surface area contributed by atoms with Gasteiger partial charge >= 0.3 is 0 Å². The van der Waals surface area contributed by atoms with Crippen molar-refractivity contribution >= 4 is 58.3 Å². The molecule has 0 aliphatic heterocycles. The molecular formula is C6H2BrClF2INO2S. The van der Waals surface area contributed by atoms with Crippen LogP contribution in [0.4, 0.5) is 8.78 Å². The fraction of sp³-hybridized carbons (Fsp3) is 0.167. The molecule has 0 unspecified atom stereocenters. The van der Waals surface area contributed by atoms with Crippen LogP contribution in [-0.2, 0) is 9.05 Å². The topological polar surface area (TPSA) is 47.0 Å². The standard InChI is InChI=1S/C6H2BrClF2INO2S/c7-5-3(6(9)10)4(15(8,13)14)2(11)1-12-5/h1,6H. The molecule has 1 aromatic heterocycles. The van der Waals surface area contributed by atoms with E-state index in [0.717, 1.165) is 6.20 Å². The molecule has 0 aliphatic carbocycles. The summed E-state index contributed by atoms with van der Waals surface area (Å²) in [5.74, 6) is 0. The average Bonchev–Trinajstić information content (AvgIpc) is 2.05. The molecule has 84 valence electrons. The molecule has 0 radical (unpaired) electrons. The fourth-order valence-corrected chi connectivity index (χ4v) is 4.43. The Bertz CT molecular complexity index is 496. The van der Waals surface area contributed by atoms with Crippen molar-refractivity contribution in [1.29, 1.82) is 0 Å². The third kappa shape index (κ3) is 2.98. The average molecular weight is 432 g/mol. The van der Waals surface area contributed by atoms with Gasteiger partial charge in [-0.05, 0) is 38.5 Å². The third-order valence-electron chi connectivity index (χ3n) is 1.44. The quantitative estimate of drug-likeness (QED) is 0.409. The molecule has 0 fully saturated rings. The first-order chi connectivity index (χ1) is 6.75. The molecule has 0 bridgehead atoms. The summed E-state index contributed by atoms with van der Waals surface area (Å²) in [6.45, 7) is 0. The predicted octanol–water partition coefficient (Wildman–Crippen LogP) is 3.31. The van der Waals surface area contributed by atoms with Crippen molar-refractivity contribution in [2.45, 2.75) is 11.3 Å². The number of nitrogens with zero attached hydrogens (tertiary/aromatic N) is 1. The van der Waals surface area contributed by atoms with E-state index in [2.05, 4.69) is 20.9 Å². The van der Waals surface area contributed by atoms with E-state index in [1.165, 1.54) is 0 Å². The molecule has 0 saturated carbocycles. The number of rotatable bonds is 2. The van der Waals surface area contributed by atoms with Crippen LogP contribution in [-0.4, -0.2) is 13.4 Å². The Kier molecular flexibility index (Phi) is 4.29. The van der Waals surface area contributed by atoms with Crippen LogP contribution in [0.3, 0.4) is 0 Å². The fourth-order valence-electron chi connectivity index (χ4n) is 0.901. The maximum Gasteiger partial charge on any atom is 0.267 e. The summed E-state index contributed by atoms with van der Waals surface area (Å²) in [4.78, 5) is 2.98. The van der Waals surface area contributed by atoms with E-state index < -0.39 is 25.9 Å². The Morgan fingerprint density at radius 2 is 2.07 bits per heavy atom. The highest BCUT2D eigenvalue weighted by molar-refractivity contribution is 14.1. The van der Waals surface area contributed by atoms with Crippen LogP contribution in [0.2, 0.25) is 0 Å². The summed E-state index contributed by atoms with van der Waals surface area (Å²) in [6.07, 6.45) is -1.82.